The molecule has 2 heteroatoms. The van der Waals surface area contributed by atoms with Crippen LogP contribution in [0.5, 0.6) is 0 Å². The predicted molar refractivity (Wildman–Crippen MR) is 125 cm³/mol. The van der Waals surface area contributed by atoms with E-state index in [-0.39, 0.29) is 0 Å². The summed E-state index contributed by atoms with van der Waals surface area (Å²) in [5.74, 6) is 0.611. The van der Waals surface area contributed by atoms with E-state index < -0.39 is 0 Å². The molecule has 0 amide bonds. The summed E-state index contributed by atoms with van der Waals surface area (Å²) in [7, 11) is 0. The molecule has 0 spiro atoms. The van der Waals surface area contributed by atoms with Gasteiger partial charge in [0.15, 0.2) is 0 Å². The van der Waals surface area contributed by atoms with Crippen molar-refractivity contribution in [3.8, 4) is 0 Å². The summed E-state index contributed by atoms with van der Waals surface area (Å²) in [6.45, 7) is 10.7. The number of fused-ring (bicyclic) bond motifs is 3. The second kappa shape index (κ2) is 7.79. The van der Waals surface area contributed by atoms with E-state index in [1.807, 2.05) is 12.1 Å². The summed E-state index contributed by atoms with van der Waals surface area (Å²) >= 11 is 0. The van der Waals surface area contributed by atoms with Gasteiger partial charge in [-0.25, -0.2) is 4.99 Å². The van der Waals surface area contributed by atoms with Crippen LogP contribution >= 0.6 is 0 Å². The SMILES string of the molecule is C=C(/C=C(C)\C(=C/C)c1ccccc1)c1c(C)ccc2c3c(oc12)N=CC=C=C3. The second-order valence-electron chi connectivity index (χ2n) is 7.13. The van der Waals surface area contributed by atoms with Gasteiger partial charge in [-0.1, -0.05) is 61.2 Å². The molecule has 29 heavy (non-hydrogen) atoms. The molecule has 0 N–H and O–H groups in total. The van der Waals surface area contributed by atoms with Crippen LogP contribution in [0.2, 0.25) is 0 Å². The molecular formula is C27H23NO. The summed E-state index contributed by atoms with van der Waals surface area (Å²) in [6, 6.07) is 14.6. The van der Waals surface area contributed by atoms with Crippen LogP contribution in [0.3, 0.4) is 0 Å². The number of rotatable bonds is 4. The van der Waals surface area contributed by atoms with Gasteiger partial charge in [-0.15, -0.1) is 5.73 Å². The van der Waals surface area contributed by atoms with E-state index in [0.717, 1.165) is 38.8 Å². The van der Waals surface area contributed by atoms with Crippen LogP contribution < -0.4 is 0 Å². The van der Waals surface area contributed by atoms with E-state index in [9.17, 15) is 0 Å². The molecule has 0 saturated carbocycles. The molecule has 2 aromatic carbocycles. The Bertz CT molecular complexity index is 1260. The molecule has 0 fully saturated rings. The molecular weight excluding hydrogens is 354 g/mol. The monoisotopic (exact) mass is 377 g/mol. The fourth-order valence-electron chi connectivity index (χ4n) is 3.83. The van der Waals surface area contributed by atoms with E-state index in [1.165, 1.54) is 11.1 Å². The number of nitrogens with zero attached hydrogens (tertiary/aromatic N) is 1. The van der Waals surface area contributed by atoms with Crippen LogP contribution in [0.4, 0.5) is 5.88 Å². The van der Waals surface area contributed by atoms with Crippen molar-refractivity contribution < 1.29 is 4.42 Å². The maximum atomic E-state index is 6.16. The largest absolute Gasteiger partial charge is 0.437 e. The molecule has 3 aromatic rings. The number of hydrogen-bond acceptors (Lipinski definition) is 2. The first kappa shape index (κ1) is 18.7. The number of furan rings is 1. The third-order valence-electron chi connectivity index (χ3n) is 5.19. The lowest BCUT2D eigenvalue weighted by Gasteiger charge is -2.11. The van der Waals surface area contributed by atoms with Gasteiger partial charge in [0.2, 0.25) is 5.88 Å². The molecule has 0 bridgehead atoms. The average molecular weight is 377 g/mol. The van der Waals surface area contributed by atoms with Gasteiger partial charge in [-0.3, -0.25) is 0 Å². The van der Waals surface area contributed by atoms with Gasteiger partial charge in [-0.2, -0.15) is 0 Å². The Morgan fingerprint density at radius 2 is 1.93 bits per heavy atom. The Kier molecular flexibility index (Phi) is 5.03. The highest BCUT2D eigenvalue weighted by molar-refractivity contribution is 6.01. The lowest BCUT2D eigenvalue weighted by molar-refractivity contribution is 0.624. The minimum Gasteiger partial charge on any atom is -0.437 e. The third-order valence-corrected chi connectivity index (χ3v) is 5.19. The molecule has 4 rings (SSSR count). The van der Waals surface area contributed by atoms with Gasteiger partial charge in [-0.05, 0) is 60.8 Å². The maximum absolute atomic E-state index is 6.16. The molecule has 2 heterocycles. The van der Waals surface area contributed by atoms with Gasteiger partial charge in [0, 0.05) is 17.2 Å². The first-order valence-electron chi connectivity index (χ1n) is 9.71. The highest BCUT2D eigenvalue weighted by atomic mass is 16.3. The minimum absolute atomic E-state index is 0.611. The van der Waals surface area contributed by atoms with E-state index in [0.29, 0.717) is 5.88 Å². The Labute approximate surface area is 171 Å². The zero-order valence-electron chi connectivity index (χ0n) is 17.0. The number of benzene rings is 2. The smallest absolute Gasteiger partial charge is 0.227 e. The minimum atomic E-state index is 0.611. The standard InChI is InChI=1S/C27H23NO/c1-5-22(21-11-7-6-8-12-21)19(3)17-20(4)25-18(2)14-15-23-24-13-9-10-16-28-27(24)29-26(23)25/h5-8,10-17H,4H2,1-3H3/b19-17-,22-5+. The van der Waals surface area contributed by atoms with E-state index >= 15 is 0 Å². The first-order chi connectivity index (χ1) is 14.1. The summed E-state index contributed by atoms with van der Waals surface area (Å²) in [6.07, 6.45) is 9.68. The van der Waals surface area contributed by atoms with E-state index in [2.05, 4.69) is 86.6 Å². The fraction of sp³-hybridized carbons (Fsp3) is 0.111. The first-order valence-corrected chi connectivity index (χ1v) is 9.71. The molecule has 0 saturated heterocycles. The van der Waals surface area contributed by atoms with Crippen molar-refractivity contribution in [1.82, 2.24) is 0 Å². The van der Waals surface area contributed by atoms with Crippen molar-refractivity contribution in [3.63, 3.8) is 0 Å². The van der Waals surface area contributed by atoms with Crippen LogP contribution in [-0.4, -0.2) is 6.21 Å². The number of aryl methyl sites for hydroxylation is 1. The van der Waals surface area contributed by atoms with Crippen LogP contribution in [0.15, 0.2) is 88.0 Å². The Morgan fingerprint density at radius 3 is 2.69 bits per heavy atom. The van der Waals surface area contributed by atoms with Crippen LogP contribution in [0.1, 0.15) is 36.1 Å². The van der Waals surface area contributed by atoms with Crippen molar-refractivity contribution >= 4 is 40.3 Å². The number of hydrogen-bond donors (Lipinski definition) is 0. The topological polar surface area (TPSA) is 25.5 Å². The van der Waals surface area contributed by atoms with Crippen LogP contribution in [-0.2, 0) is 0 Å². The van der Waals surface area contributed by atoms with Crippen LogP contribution in [0, 0.1) is 6.92 Å². The predicted octanol–water partition coefficient (Wildman–Crippen LogP) is 7.69. The lowest BCUT2D eigenvalue weighted by atomic mass is 9.93. The highest BCUT2D eigenvalue weighted by Gasteiger charge is 2.18. The van der Waals surface area contributed by atoms with Crippen molar-refractivity contribution in [3.05, 3.63) is 101 Å². The lowest BCUT2D eigenvalue weighted by Crippen LogP contribution is -1.91. The normalized spacial score (nSPS) is 13.6. The zero-order valence-corrected chi connectivity index (χ0v) is 17.0. The van der Waals surface area contributed by atoms with Crippen molar-refractivity contribution in [2.75, 3.05) is 0 Å². The Hall–Kier alpha value is -3.61. The van der Waals surface area contributed by atoms with Crippen molar-refractivity contribution in [2.24, 2.45) is 4.99 Å². The molecule has 0 atom stereocenters. The highest BCUT2D eigenvalue weighted by Crippen LogP contribution is 2.39. The summed E-state index contributed by atoms with van der Waals surface area (Å²) < 4.78 is 6.16. The van der Waals surface area contributed by atoms with Gasteiger partial charge in [0.05, 0.1) is 5.56 Å². The third kappa shape index (κ3) is 3.47. The molecule has 2 nitrogen and oxygen atoms in total. The summed E-state index contributed by atoms with van der Waals surface area (Å²) in [5, 5.41) is 1.03. The molecule has 0 aliphatic carbocycles. The second-order valence-corrected chi connectivity index (χ2v) is 7.13. The summed E-state index contributed by atoms with van der Waals surface area (Å²) in [4.78, 5) is 4.40. The maximum Gasteiger partial charge on any atom is 0.227 e. The molecule has 1 aliphatic heterocycles. The fourth-order valence-corrected chi connectivity index (χ4v) is 3.83. The quantitative estimate of drug-likeness (QED) is 0.338. The average Bonchev–Trinajstić information content (AvgIpc) is 2.90. The Morgan fingerprint density at radius 1 is 1.14 bits per heavy atom. The van der Waals surface area contributed by atoms with E-state index in [1.54, 1.807) is 12.3 Å². The number of allylic oxidation sites excluding steroid dienone is 6. The molecule has 1 aliphatic rings. The molecule has 142 valence electrons. The van der Waals surface area contributed by atoms with Gasteiger partial charge < -0.3 is 4.42 Å². The molecule has 0 unspecified atom stereocenters. The summed E-state index contributed by atoms with van der Waals surface area (Å²) in [5.41, 5.74) is 11.5. The molecule has 1 aromatic heterocycles. The number of aliphatic imine (C=N–C) groups is 1. The van der Waals surface area contributed by atoms with Crippen molar-refractivity contribution in [2.45, 2.75) is 20.8 Å². The zero-order chi connectivity index (χ0) is 20.4. The Balaban J connectivity index is 1.81. The van der Waals surface area contributed by atoms with Gasteiger partial charge in [0.25, 0.3) is 0 Å². The van der Waals surface area contributed by atoms with Gasteiger partial charge in [0.1, 0.15) is 5.58 Å². The van der Waals surface area contributed by atoms with E-state index in [4.69, 9.17) is 4.42 Å². The van der Waals surface area contributed by atoms with Gasteiger partial charge >= 0.3 is 0 Å². The van der Waals surface area contributed by atoms with Crippen LogP contribution in [0.25, 0.3) is 28.2 Å². The van der Waals surface area contributed by atoms with Crippen molar-refractivity contribution in [1.29, 1.82) is 0 Å². The molecule has 0 radical (unpaired) electrons.